The van der Waals surface area contributed by atoms with Gasteiger partial charge in [0.25, 0.3) is 5.79 Å². The predicted octanol–water partition coefficient (Wildman–Crippen LogP) is -0.418. The number of hydrogen-bond donors (Lipinski definition) is 4. The number of aliphatic hydroxyl groups excluding tert-OH is 3. The Labute approximate surface area is 129 Å². The highest BCUT2D eigenvalue weighted by Crippen LogP contribution is 2.38. The Morgan fingerprint density at radius 3 is 2.73 bits per heavy atom. The van der Waals surface area contributed by atoms with E-state index in [-0.39, 0.29) is 19.4 Å². The molecule has 0 spiro atoms. The van der Waals surface area contributed by atoms with Crippen molar-refractivity contribution in [3.8, 4) is 12.3 Å². The molecule has 1 saturated heterocycles. The summed E-state index contributed by atoms with van der Waals surface area (Å²) in [7, 11) is 0. The highest BCUT2D eigenvalue weighted by molar-refractivity contribution is 5.76. The number of carboxylic acids is 1. The van der Waals surface area contributed by atoms with Crippen LogP contribution < -0.4 is 0 Å². The molecule has 4 N–H and O–H groups in total. The van der Waals surface area contributed by atoms with E-state index in [1.54, 1.807) is 13.8 Å². The second-order valence-electron chi connectivity index (χ2n) is 5.68. The zero-order valence-corrected chi connectivity index (χ0v) is 12.8. The molecule has 126 valence electrons. The molecular formula is C15H24O7. The van der Waals surface area contributed by atoms with Crippen molar-refractivity contribution in [1.29, 1.82) is 0 Å². The van der Waals surface area contributed by atoms with Crippen LogP contribution in [-0.2, 0) is 14.3 Å². The lowest BCUT2D eigenvalue weighted by atomic mass is 9.81. The van der Waals surface area contributed by atoms with Crippen molar-refractivity contribution >= 4 is 5.97 Å². The van der Waals surface area contributed by atoms with Crippen molar-refractivity contribution in [2.24, 2.45) is 11.8 Å². The third-order valence-electron chi connectivity index (χ3n) is 4.15. The summed E-state index contributed by atoms with van der Waals surface area (Å²) in [5.41, 5.74) is 0. The zero-order valence-electron chi connectivity index (χ0n) is 12.8. The molecule has 0 amide bonds. The van der Waals surface area contributed by atoms with Crippen molar-refractivity contribution in [3.63, 3.8) is 0 Å². The molecule has 1 fully saturated rings. The van der Waals surface area contributed by atoms with Crippen molar-refractivity contribution in [2.75, 3.05) is 13.2 Å². The van der Waals surface area contributed by atoms with Gasteiger partial charge in [-0.3, -0.25) is 0 Å². The van der Waals surface area contributed by atoms with Crippen LogP contribution in [0.1, 0.15) is 26.7 Å². The number of aliphatic carboxylic acids is 1. The molecule has 0 radical (unpaired) electrons. The molecule has 0 aliphatic carbocycles. The monoisotopic (exact) mass is 316 g/mol. The van der Waals surface area contributed by atoms with Crippen molar-refractivity contribution in [3.05, 3.63) is 0 Å². The van der Waals surface area contributed by atoms with Gasteiger partial charge in [0.15, 0.2) is 0 Å². The van der Waals surface area contributed by atoms with Gasteiger partial charge < -0.3 is 29.9 Å². The summed E-state index contributed by atoms with van der Waals surface area (Å²) in [5, 5.41) is 38.5. The molecule has 7 heteroatoms. The van der Waals surface area contributed by atoms with Crippen LogP contribution in [0.3, 0.4) is 0 Å². The van der Waals surface area contributed by atoms with Crippen molar-refractivity contribution in [2.45, 2.75) is 50.8 Å². The van der Waals surface area contributed by atoms with Crippen LogP contribution >= 0.6 is 0 Å². The zero-order chi connectivity index (χ0) is 16.9. The average Bonchev–Trinajstić information content (AvgIpc) is 2.49. The fourth-order valence-electron chi connectivity index (χ4n) is 2.59. The second-order valence-corrected chi connectivity index (χ2v) is 5.68. The summed E-state index contributed by atoms with van der Waals surface area (Å²) < 4.78 is 10.9. The van der Waals surface area contributed by atoms with Gasteiger partial charge in [0, 0.05) is 24.7 Å². The van der Waals surface area contributed by atoms with Crippen LogP contribution in [0.5, 0.6) is 0 Å². The van der Waals surface area contributed by atoms with Crippen LogP contribution in [0.4, 0.5) is 0 Å². The highest BCUT2D eigenvalue weighted by atomic mass is 16.7. The Morgan fingerprint density at radius 1 is 1.59 bits per heavy atom. The summed E-state index contributed by atoms with van der Waals surface area (Å²) in [4.78, 5) is 11.6. The van der Waals surface area contributed by atoms with Crippen LogP contribution in [0.25, 0.3) is 0 Å². The van der Waals surface area contributed by atoms with Gasteiger partial charge in [0.05, 0.1) is 31.5 Å². The molecule has 0 bridgehead atoms. The maximum atomic E-state index is 11.6. The Morgan fingerprint density at radius 2 is 2.23 bits per heavy atom. The summed E-state index contributed by atoms with van der Waals surface area (Å²) in [6, 6.07) is 0. The first-order valence-corrected chi connectivity index (χ1v) is 7.24. The smallest absolute Gasteiger partial charge is 0.364 e. The van der Waals surface area contributed by atoms with E-state index in [4.69, 9.17) is 21.0 Å². The second kappa shape index (κ2) is 7.90. The van der Waals surface area contributed by atoms with E-state index in [1.807, 2.05) is 0 Å². The van der Waals surface area contributed by atoms with E-state index in [1.165, 1.54) is 0 Å². The van der Waals surface area contributed by atoms with E-state index < -0.39 is 48.5 Å². The molecule has 0 aromatic carbocycles. The van der Waals surface area contributed by atoms with Gasteiger partial charge in [-0.1, -0.05) is 13.8 Å². The van der Waals surface area contributed by atoms with Gasteiger partial charge in [-0.2, -0.15) is 0 Å². The molecule has 22 heavy (non-hydrogen) atoms. The van der Waals surface area contributed by atoms with Gasteiger partial charge in [-0.25, -0.2) is 4.79 Å². The summed E-state index contributed by atoms with van der Waals surface area (Å²) in [6.45, 7) is 2.81. The summed E-state index contributed by atoms with van der Waals surface area (Å²) in [6.07, 6.45) is 2.25. The normalized spacial score (nSPS) is 34.6. The molecule has 1 rings (SSSR count). The molecule has 6 atom stereocenters. The lowest BCUT2D eigenvalue weighted by Gasteiger charge is -2.46. The minimum Gasteiger partial charge on any atom is -0.477 e. The van der Waals surface area contributed by atoms with Gasteiger partial charge in [-0.05, 0) is 0 Å². The highest BCUT2D eigenvalue weighted by Gasteiger charge is 2.53. The third-order valence-corrected chi connectivity index (χ3v) is 4.15. The number of hydrogen-bond acceptors (Lipinski definition) is 6. The van der Waals surface area contributed by atoms with Gasteiger partial charge in [0.1, 0.15) is 0 Å². The summed E-state index contributed by atoms with van der Waals surface area (Å²) in [5.74, 6) is -2.02. The van der Waals surface area contributed by atoms with E-state index in [9.17, 15) is 20.1 Å². The van der Waals surface area contributed by atoms with E-state index in [0.29, 0.717) is 0 Å². The Bertz CT molecular complexity index is 419. The molecular weight excluding hydrogens is 292 g/mol. The van der Waals surface area contributed by atoms with Crippen LogP contribution in [0.2, 0.25) is 0 Å². The predicted molar refractivity (Wildman–Crippen MR) is 76.7 cm³/mol. The molecule has 0 aromatic heterocycles. The quantitative estimate of drug-likeness (QED) is 0.372. The number of terminal acetylenes is 1. The van der Waals surface area contributed by atoms with Gasteiger partial charge in [0.2, 0.25) is 0 Å². The van der Waals surface area contributed by atoms with Crippen molar-refractivity contribution in [1.82, 2.24) is 0 Å². The molecule has 1 aliphatic rings. The molecule has 1 heterocycles. The fraction of sp³-hybridized carbons (Fsp3) is 0.800. The first-order chi connectivity index (χ1) is 10.3. The van der Waals surface area contributed by atoms with Gasteiger partial charge in [-0.15, -0.1) is 12.3 Å². The Kier molecular flexibility index (Phi) is 6.78. The standard InChI is InChI=1S/C15H24O7/c1-4-5-6-21-15(14(19)20)7-11(17)9(2)13(22-15)10(3)12(18)8-16/h1,9-13,16-18H,5-8H2,2-3H3,(H,19,20)/t9?,10-,11?,12-,13?,15?/m1/s1. The molecule has 1 aliphatic heterocycles. The van der Waals surface area contributed by atoms with Crippen molar-refractivity contribution < 1.29 is 34.7 Å². The average molecular weight is 316 g/mol. The number of rotatable bonds is 7. The van der Waals surface area contributed by atoms with E-state index in [0.717, 1.165) is 0 Å². The summed E-state index contributed by atoms with van der Waals surface area (Å²) >= 11 is 0. The van der Waals surface area contributed by atoms with Crippen LogP contribution in [-0.4, -0.2) is 63.7 Å². The van der Waals surface area contributed by atoms with Gasteiger partial charge >= 0.3 is 5.97 Å². The number of carboxylic acid groups (broad SMARTS) is 1. The molecule has 7 nitrogen and oxygen atoms in total. The Hall–Kier alpha value is -1.17. The Balaban J connectivity index is 2.99. The first kappa shape index (κ1) is 18.9. The van der Waals surface area contributed by atoms with Crippen LogP contribution in [0, 0.1) is 24.2 Å². The topological polar surface area (TPSA) is 116 Å². The molecule has 4 unspecified atom stereocenters. The fourth-order valence-corrected chi connectivity index (χ4v) is 2.59. The number of carbonyl (C=O) groups is 1. The first-order valence-electron chi connectivity index (χ1n) is 7.24. The molecule has 0 aromatic rings. The largest absolute Gasteiger partial charge is 0.477 e. The number of aliphatic hydroxyl groups is 3. The maximum absolute atomic E-state index is 11.6. The maximum Gasteiger partial charge on any atom is 0.364 e. The van der Waals surface area contributed by atoms with E-state index >= 15 is 0 Å². The van der Waals surface area contributed by atoms with E-state index in [2.05, 4.69) is 5.92 Å². The van der Waals surface area contributed by atoms with Crippen LogP contribution in [0.15, 0.2) is 0 Å². The lowest BCUT2D eigenvalue weighted by Crippen LogP contribution is -2.59. The third kappa shape index (κ3) is 3.97. The minimum atomic E-state index is -2.00. The SMILES string of the molecule is C#CCCOC1(C(=O)O)CC(O)C(C)C([C@H](C)[C@H](O)CO)O1. The molecule has 0 saturated carbocycles. The lowest BCUT2D eigenvalue weighted by molar-refractivity contribution is -0.311. The number of ether oxygens (including phenoxy) is 2. The minimum absolute atomic E-state index is 0.0203.